The van der Waals surface area contributed by atoms with Crippen LogP contribution in [0.15, 0.2) is 30.5 Å². The van der Waals surface area contributed by atoms with Crippen LogP contribution in [0, 0.1) is 17.2 Å². The maximum Gasteiger partial charge on any atom is 0.103 e. The standard InChI is InChI=1S/C17H19N3O/c18-10-13-11-19-16-6-2-1-5-14(16)17(13)20-15-7-3-4-12(15)8-9-21/h1-2,5-6,11-12,15,21H,3-4,7-9H2,(H,19,20). The summed E-state index contributed by atoms with van der Waals surface area (Å²) < 4.78 is 0. The third-order valence-corrected chi connectivity index (χ3v) is 4.38. The number of fused-ring (bicyclic) bond motifs is 1. The Morgan fingerprint density at radius 1 is 1.33 bits per heavy atom. The van der Waals surface area contributed by atoms with Crippen molar-refractivity contribution in [1.29, 1.82) is 5.26 Å². The molecule has 3 rings (SSSR count). The van der Waals surface area contributed by atoms with Gasteiger partial charge in [0, 0.05) is 24.2 Å². The molecule has 1 fully saturated rings. The van der Waals surface area contributed by atoms with Gasteiger partial charge in [0.1, 0.15) is 6.07 Å². The molecule has 4 nitrogen and oxygen atoms in total. The van der Waals surface area contributed by atoms with Crippen LogP contribution in [0.2, 0.25) is 0 Å². The molecular weight excluding hydrogens is 262 g/mol. The van der Waals surface area contributed by atoms with Gasteiger partial charge in [-0.05, 0) is 31.2 Å². The van der Waals surface area contributed by atoms with Gasteiger partial charge in [0.25, 0.3) is 0 Å². The van der Waals surface area contributed by atoms with Gasteiger partial charge in [-0.2, -0.15) is 5.26 Å². The van der Waals surface area contributed by atoms with E-state index in [-0.39, 0.29) is 6.61 Å². The number of nitriles is 1. The zero-order chi connectivity index (χ0) is 14.7. The van der Waals surface area contributed by atoms with E-state index in [1.54, 1.807) is 6.20 Å². The molecule has 1 aromatic carbocycles. The lowest BCUT2D eigenvalue weighted by atomic mass is 9.99. The van der Waals surface area contributed by atoms with Gasteiger partial charge in [0.05, 0.1) is 16.8 Å². The van der Waals surface area contributed by atoms with E-state index in [2.05, 4.69) is 16.4 Å². The van der Waals surface area contributed by atoms with Gasteiger partial charge in [-0.25, -0.2) is 0 Å². The maximum atomic E-state index is 9.35. The summed E-state index contributed by atoms with van der Waals surface area (Å²) >= 11 is 0. The number of nitrogens with one attached hydrogen (secondary N) is 1. The quantitative estimate of drug-likeness (QED) is 0.903. The Hall–Kier alpha value is -2.12. The molecule has 2 aromatic rings. The van der Waals surface area contributed by atoms with Crippen molar-refractivity contribution in [1.82, 2.24) is 4.98 Å². The predicted octanol–water partition coefficient (Wildman–Crippen LogP) is 3.07. The lowest BCUT2D eigenvalue weighted by Crippen LogP contribution is -2.25. The summed E-state index contributed by atoms with van der Waals surface area (Å²) in [4.78, 5) is 4.34. The average molecular weight is 281 g/mol. The van der Waals surface area contributed by atoms with Crippen LogP contribution in [-0.2, 0) is 0 Å². The number of nitrogens with zero attached hydrogens (tertiary/aromatic N) is 2. The van der Waals surface area contributed by atoms with Crippen LogP contribution in [-0.4, -0.2) is 22.7 Å². The normalized spacial score (nSPS) is 21.3. The van der Waals surface area contributed by atoms with Crippen LogP contribution in [0.5, 0.6) is 0 Å². The molecule has 1 aliphatic rings. The summed E-state index contributed by atoms with van der Waals surface area (Å²) in [6.45, 7) is 0.227. The molecular formula is C17H19N3O. The fourth-order valence-corrected chi connectivity index (χ4v) is 3.31. The van der Waals surface area contributed by atoms with Crippen LogP contribution < -0.4 is 5.32 Å². The fraction of sp³-hybridized carbons (Fsp3) is 0.412. The van der Waals surface area contributed by atoms with E-state index < -0.39 is 0 Å². The van der Waals surface area contributed by atoms with Gasteiger partial charge in [0.2, 0.25) is 0 Å². The maximum absolute atomic E-state index is 9.35. The lowest BCUT2D eigenvalue weighted by Gasteiger charge is -2.23. The molecule has 1 aliphatic carbocycles. The molecule has 0 bridgehead atoms. The Morgan fingerprint density at radius 2 is 2.19 bits per heavy atom. The first-order valence-corrected chi connectivity index (χ1v) is 7.48. The average Bonchev–Trinajstić information content (AvgIpc) is 2.95. The molecule has 2 atom stereocenters. The Morgan fingerprint density at radius 3 is 3.00 bits per heavy atom. The number of aliphatic hydroxyl groups excluding tert-OH is 1. The van der Waals surface area contributed by atoms with Crippen LogP contribution in [0.1, 0.15) is 31.2 Å². The van der Waals surface area contributed by atoms with E-state index in [0.29, 0.717) is 17.5 Å². The van der Waals surface area contributed by atoms with Gasteiger partial charge in [0.15, 0.2) is 0 Å². The summed E-state index contributed by atoms with van der Waals surface area (Å²) in [6, 6.07) is 10.4. The molecule has 21 heavy (non-hydrogen) atoms. The van der Waals surface area contributed by atoms with Crippen LogP contribution in [0.4, 0.5) is 5.69 Å². The minimum atomic E-state index is 0.227. The van der Waals surface area contributed by atoms with E-state index in [4.69, 9.17) is 0 Å². The monoisotopic (exact) mass is 281 g/mol. The Bertz CT molecular complexity index is 677. The molecule has 108 valence electrons. The smallest absolute Gasteiger partial charge is 0.103 e. The zero-order valence-corrected chi connectivity index (χ0v) is 11.9. The summed E-state index contributed by atoms with van der Waals surface area (Å²) in [5, 5.41) is 23.1. The van der Waals surface area contributed by atoms with Crippen LogP contribution in [0.3, 0.4) is 0 Å². The molecule has 0 aliphatic heterocycles. The highest BCUT2D eigenvalue weighted by atomic mass is 16.3. The van der Waals surface area contributed by atoms with E-state index in [1.807, 2.05) is 24.3 Å². The highest BCUT2D eigenvalue weighted by Gasteiger charge is 2.27. The minimum absolute atomic E-state index is 0.227. The van der Waals surface area contributed by atoms with Gasteiger partial charge in [-0.1, -0.05) is 24.6 Å². The highest BCUT2D eigenvalue weighted by molar-refractivity contribution is 5.93. The van der Waals surface area contributed by atoms with Crippen molar-refractivity contribution in [3.05, 3.63) is 36.0 Å². The van der Waals surface area contributed by atoms with Gasteiger partial charge >= 0.3 is 0 Å². The van der Waals surface area contributed by atoms with Crippen LogP contribution in [0.25, 0.3) is 10.9 Å². The van der Waals surface area contributed by atoms with Crippen molar-refractivity contribution >= 4 is 16.6 Å². The summed E-state index contributed by atoms with van der Waals surface area (Å²) in [7, 11) is 0. The number of benzene rings is 1. The Labute approximate surface area is 124 Å². The summed E-state index contributed by atoms with van der Waals surface area (Å²) in [6.07, 6.45) is 5.87. The molecule has 0 amide bonds. The van der Waals surface area contributed by atoms with Crippen molar-refractivity contribution in [2.75, 3.05) is 11.9 Å². The van der Waals surface area contributed by atoms with Crippen molar-refractivity contribution in [3.63, 3.8) is 0 Å². The molecule has 0 spiro atoms. The molecule has 2 N–H and O–H groups in total. The first-order valence-electron chi connectivity index (χ1n) is 7.48. The van der Waals surface area contributed by atoms with E-state index in [0.717, 1.165) is 35.9 Å². The van der Waals surface area contributed by atoms with Crippen molar-refractivity contribution in [2.24, 2.45) is 5.92 Å². The number of aromatic nitrogens is 1. The Kier molecular flexibility index (Phi) is 4.03. The molecule has 0 radical (unpaired) electrons. The van der Waals surface area contributed by atoms with Gasteiger partial charge in [-0.3, -0.25) is 4.98 Å². The topological polar surface area (TPSA) is 68.9 Å². The molecule has 0 saturated heterocycles. The van der Waals surface area contributed by atoms with Gasteiger partial charge < -0.3 is 10.4 Å². The minimum Gasteiger partial charge on any atom is -0.396 e. The van der Waals surface area contributed by atoms with Crippen molar-refractivity contribution in [3.8, 4) is 6.07 Å². The van der Waals surface area contributed by atoms with E-state index >= 15 is 0 Å². The number of para-hydroxylation sites is 1. The fourth-order valence-electron chi connectivity index (χ4n) is 3.31. The van der Waals surface area contributed by atoms with E-state index in [1.165, 1.54) is 6.42 Å². The molecule has 1 saturated carbocycles. The second kappa shape index (κ2) is 6.11. The first-order chi connectivity index (χ1) is 10.3. The largest absolute Gasteiger partial charge is 0.396 e. The van der Waals surface area contributed by atoms with Crippen molar-refractivity contribution < 1.29 is 5.11 Å². The number of rotatable bonds is 4. The van der Waals surface area contributed by atoms with Crippen LogP contribution >= 0.6 is 0 Å². The summed E-state index contributed by atoms with van der Waals surface area (Å²) in [5.41, 5.74) is 2.37. The summed E-state index contributed by atoms with van der Waals surface area (Å²) in [5.74, 6) is 0.480. The number of aliphatic hydroxyl groups is 1. The highest BCUT2D eigenvalue weighted by Crippen LogP contribution is 2.34. The SMILES string of the molecule is N#Cc1cnc2ccccc2c1NC1CCCC1CCO. The predicted molar refractivity (Wildman–Crippen MR) is 82.9 cm³/mol. The zero-order valence-electron chi connectivity index (χ0n) is 11.9. The first kappa shape index (κ1) is 13.8. The number of hydrogen-bond acceptors (Lipinski definition) is 4. The van der Waals surface area contributed by atoms with E-state index in [9.17, 15) is 10.4 Å². The third-order valence-electron chi connectivity index (χ3n) is 4.38. The third kappa shape index (κ3) is 2.70. The van der Waals surface area contributed by atoms with Gasteiger partial charge in [-0.15, -0.1) is 0 Å². The van der Waals surface area contributed by atoms with Crippen molar-refractivity contribution in [2.45, 2.75) is 31.7 Å². The molecule has 2 unspecified atom stereocenters. The lowest BCUT2D eigenvalue weighted by molar-refractivity contribution is 0.254. The molecule has 1 heterocycles. The molecule has 4 heteroatoms. The number of pyridine rings is 1. The number of hydrogen-bond donors (Lipinski definition) is 2. The second-order valence-corrected chi connectivity index (χ2v) is 5.63. The number of anilines is 1. The molecule has 1 aromatic heterocycles. The second-order valence-electron chi connectivity index (χ2n) is 5.63. The Balaban J connectivity index is 1.97.